The van der Waals surface area contributed by atoms with Gasteiger partial charge in [0.05, 0.1) is 11.7 Å². The monoisotopic (exact) mass is 288 g/mol. The second-order valence-corrected chi connectivity index (χ2v) is 5.76. The molecule has 6 nitrogen and oxygen atoms in total. The van der Waals surface area contributed by atoms with Crippen molar-refractivity contribution in [3.05, 3.63) is 18.2 Å². The van der Waals surface area contributed by atoms with E-state index in [2.05, 4.69) is 10.3 Å². The van der Waals surface area contributed by atoms with Gasteiger partial charge in [-0.2, -0.15) is 4.98 Å². The highest BCUT2D eigenvalue weighted by atomic mass is 16.7. The molecule has 21 heavy (non-hydrogen) atoms. The smallest absolute Gasteiger partial charge is 0.423 e. The summed E-state index contributed by atoms with van der Waals surface area (Å²) in [5.74, 6) is -0.222. The van der Waals surface area contributed by atoms with Gasteiger partial charge < -0.3 is 13.7 Å². The molecule has 1 atom stereocenters. The third-order valence-corrected chi connectivity index (χ3v) is 3.69. The molecule has 7 heteroatoms. The van der Waals surface area contributed by atoms with E-state index in [-0.39, 0.29) is 23.6 Å². The summed E-state index contributed by atoms with van der Waals surface area (Å²) in [6.07, 6.45) is 0.00265. The number of nitrogens with zero attached hydrogens (tertiary/aromatic N) is 1. The average Bonchev–Trinajstić information content (AvgIpc) is 2.88. The fourth-order valence-corrected chi connectivity index (χ4v) is 2.19. The number of hydrogen-bond donors (Lipinski definition) is 1. The van der Waals surface area contributed by atoms with Gasteiger partial charge in [0, 0.05) is 6.92 Å². The highest BCUT2D eigenvalue weighted by Crippen LogP contribution is 2.27. The van der Waals surface area contributed by atoms with Crippen LogP contribution in [-0.4, -0.2) is 29.7 Å². The Morgan fingerprint density at radius 3 is 2.81 bits per heavy atom. The van der Waals surface area contributed by atoms with Gasteiger partial charge in [0.1, 0.15) is 5.52 Å². The number of fused-ring (bicyclic) bond motifs is 1. The molecular weight excluding hydrogens is 271 g/mol. The van der Waals surface area contributed by atoms with Gasteiger partial charge in [-0.25, -0.2) is 0 Å². The fourth-order valence-electron chi connectivity index (χ4n) is 2.19. The summed E-state index contributed by atoms with van der Waals surface area (Å²) < 4.78 is 17.2. The van der Waals surface area contributed by atoms with Crippen LogP contribution in [0.3, 0.4) is 0 Å². The molecule has 2 aromatic rings. The van der Waals surface area contributed by atoms with Crippen molar-refractivity contribution in [1.82, 2.24) is 4.98 Å². The number of oxazole rings is 1. The number of hydrogen-bond acceptors (Lipinski definition) is 5. The molecule has 1 aromatic heterocycles. The zero-order chi connectivity index (χ0) is 15.2. The third-order valence-electron chi connectivity index (χ3n) is 3.69. The van der Waals surface area contributed by atoms with E-state index in [1.807, 2.05) is 39.0 Å². The summed E-state index contributed by atoms with van der Waals surface area (Å²) in [6, 6.07) is 5.73. The molecule has 1 N–H and O–H groups in total. The minimum Gasteiger partial charge on any atom is -0.423 e. The first-order valence-electron chi connectivity index (χ1n) is 6.86. The Bertz CT molecular complexity index is 697. The third kappa shape index (κ3) is 2.66. The first-order valence-corrected chi connectivity index (χ1v) is 6.86. The lowest BCUT2D eigenvalue weighted by Crippen LogP contribution is -2.34. The standard InChI is InChI=1S/C14H17BN2O4/c1-8-14(3,4)21-15(20-8)10-5-6-11-12(7-10)19-13(17-11)16-9(2)18/h5-8H,1-4H3,(H,16,17,18). The normalized spacial score (nSPS) is 21.0. The van der Waals surface area contributed by atoms with Crippen LogP contribution < -0.4 is 10.8 Å². The summed E-state index contributed by atoms with van der Waals surface area (Å²) in [7, 11) is -0.422. The van der Waals surface area contributed by atoms with Crippen LogP contribution in [0.4, 0.5) is 6.01 Å². The quantitative estimate of drug-likeness (QED) is 0.851. The molecule has 1 amide bonds. The number of benzene rings is 1. The highest BCUT2D eigenvalue weighted by Gasteiger charge is 2.43. The van der Waals surface area contributed by atoms with E-state index < -0.39 is 7.12 Å². The molecular formula is C14H17BN2O4. The molecule has 110 valence electrons. The van der Waals surface area contributed by atoms with Crippen molar-refractivity contribution in [2.24, 2.45) is 0 Å². The number of carbonyl (C=O) groups is 1. The fraction of sp³-hybridized carbons (Fsp3) is 0.429. The van der Waals surface area contributed by atoms with E-state index in [1.165, 1.54) is 6.92 Å². The number of nitrogens with one attached hydrogen (secondary N) is 1. The van der Waals surface area contributed by atoms with Crippen molar-refractivity contribution in [3.63, 3.8) is 0 Å². The van der Waals surface area contributed by atoms with Crippen LogP contribution in [-0.2, 0) is 14.1 Å². The molecule has 3 rings (SSSR count). The Morgan fingerprint density at radius 1 is 1.43 bits per heavy atom. The van der Waals surface area contributed by atoms with Crippen LogP contribution in [0.1, 0.15) is 27.7 Å². The summed E-state index contributed by atoms with van der Waals surface area (Å²) in [5, 5.41) is 2.52. The van der Waals surface area contributed by atoms with E-state index in [4.69, 9.17) is 13.7 Å². The van der Waals surface area contributed by atoms with Crippen molar-refractivity contribution in [2.75, 3.05) is 5.32 Å². The van der Waals surface area contributed by atoms with Gasteiger partial charge in [-0.15, -0.1) is 0 Å². The maximum absolute atomic E-state index is 11.0. The van der Waals surface area contributed by atoms with Crippen LogP contribution in [0.2, 0.25) is 0 Å². The van der Waals surface area contributed by atoms with Crippen molar-refractivity contribution in [3.8, 4) is 0 Å². The van der Waals surface area contributed by atoms with Gasteiger partial charge in [-0.05, 0) is 38.4 Å². The van der Waals surface area contributed by atoms with E-state index in [0.717, 1.165) is 5.46 Å². The second-order valence-electron chi connectivity index (χ2n) is 5.76. The number of aromatic nitrogens is 1. The summed E-state index contributed by atoms with van der Waals surface area (Å²) >= 11 is 0. The Hall–Kier alpha value is -1.86. The molecule has 1 fully saturated rings. The number of rotatable bonds is 2. The molecule has 0 aliphatic carbocycles. The molecule has 0 bridgehead atoms. The van der Waals surface area contributed by atoms with Gasteiger partial charge in [-0.3, -0.25) is 10.1 Å². The van der Waals surface area contributed by atoms with Gasteiger partial charge >= 0.3 is 13.1 Å². The molecule has 1 unspecified atom stereocenters. The predicted molar refractivity (Wildman–Crippen MR) is 79.4 cm³/mol. The van der Waals surface area contributed by atoms with E-state index in [1.54, 1.807) is 0 Å². The van der Waals surface area contributed by atoms with Gasteiger partial charge in [-0.1, -0.05) is 6.07 Å². The van der Waals surface area contributed by atoms with Gasteiger partial charge in [0.2, 0.25) is 5.91 Å². The van der Waals surface area contributed by atoms with E-state index in [9.17, 15) is 4.79 Å². The lowest BCUT2D eigenvalue weighted by atomic mass is 9.79. The highest BCUT2D eigenvalue weighted by molar-refractivity contribution is 6.62. The molecule has 0 radical (unpaired) electrons. The van der Waals surface area contributed by atoms with Gasteiger partial charge in [0.25, 0.3) is 0 Å². The van der Waals surface area contributed by atoms with Crippen molar-refractivity contribution in [2.45, 2.75) is 39.4 Å². The van der Waals surface area contributed by atoms with E-state index in [0.29, 0.717) is 11.1 Å². The lowest BCUT2D eigenvalue weighted by molar-refractivity contribution is -0.114. The molecule has 1 aliphatic heterocycles. The van der Waals surface area contributed by atoms with E-state index >= 15 is 0 Å². The lowest BCUT2D eigenvalue weighted by Gasteiger charge is -2.21. The SMILES string of the molecule is CC(=O)Nc1nc2ccc(B3OC(C)C(C)(C)O3)cc2o1. The van der Waals surface area contributed by atoms with Crippen LogP contribution in [0.25, 0.3) is 11.1 Å². The second kappa shape index (κ2) is 4.86. The minimum atomic E-state index is -0.422. The summed E-state index contributed by atoms with van der Waals surface area (Å²) in [4.78, 5) is 15.2. The molecule has 1 saturated heterocycles. The maximum atomic E-state index is 11.0. The van der Waals surface area contributed by atoms with Crippen LogP contribution in [0.5, 0.6) is 0 Å². The molecule has 2 heterocycles. The zero-order valence-corrected chi connectivity index (χ0v) is 12.5. The molecule has 0 saturated carbocycles. The molecule has 1 aromatic carbocycles. The minimum absolute atomic E-state index is 0.00265. The number of amides is 1. The van der Waals surface area contributed by atoms with Crippen molar-refractivity contribution >= 4 is 35.6 Å². The molecule has 1 aliphatic rings. The van der Waals surface area contributed by atoms with Crippen molar-refractivity contribution in [1.29, 1.82) is 0 Å². The van der Waals surface area contributed by atoms with Crippen LogP contribution >= 0.6 is 0 Å². The first kappa shape index (κ1) is 14.1. The Kier molecular flexibility index (Phi) is 3.26. The Morgan fingerprint density at radius 2 is 2.19 bits per heavy atom. The number of anilines is 1. The average molecular weight is 288 g/mol. The Labute approximate surface area is 123 Å². The van der Waals surface area contributed by atoms with Gasteiger partial charge in [0.15, 0.2) is 5.58 Å². The van der Waals surface area contributed by atoms with Crippen LogP contribution in [0.15, 0.2) is 22.6 Å². The number of carbonyl (C=O) groups excluding carboxylic acids is 1. The zero-order valence-electron chi connectivity index (χ0n) is 12.5. The van der Waals surface area contributed by atoms with Crippen molar-refractivity contribution < 1.29 is 18.5 Å². The predicted octanol–water partition coefficient (Wildman–Crippen LogP) is 1.70. The maximum Gasteiger partial charge on any atom is 0.494 e. The summed E-state index contributed by atoms with van der Waals surface area (Å²) in [6.45, 7) is 7.39. The Balaban J connectivity index is 1.89. The topological polar surface area (TPSA) is 73.6 Å². The molecule has 0 spiro atoms. The van der Waals surface area contributed by atoms with Crippen LogP contribution in [0, 0.1) is 0 Å². The largest absolute Gasteiger partial charge is 0.494 e. The summed E-state index contributed by atoms with van der Waals surface area (Å²) in [5.41, 5.74) is 1.79. The first-order chi connectivity index (χ1) is 9.85.